The maximum Gasteiger partial charge on any atom is 0.229 e. The molecule has 1 aromatic carbocycles. The molecule has 84 valence electrons. The zero-order valence-corrected chi connectivity index (χ0v) is 9.47. The number of halogens is 1. The van der Waals surface area contributed by atoms with E-state index in [0.29, 0.717) is 0 Å². The van der Waals surface area contributed by atoms with E-state index in [2.05, 4.69) is 5.32 Å². The summed E-state index contributed by atoms with van der Waals surface area (Å²) in [5.74, 6) is -0.885. The highest BCUT2D eigenvalue weighted by Gasteiger charge is 2.22. The van der Waals surface area contributed by atoms with Crippen molar-refractivity contribution in [1.29, 1.82) is 5.26 Å². The van der Waals surface area contributed by atoms with Gasteiger partial charge in [0.15, 0.2) is 0 Å². The van der Waals surface area contributed by atoms with Crippen LogP contribution in [0.2, 0.25) is 0 Å². The first-order valence-electron chi connectivity index (χ1n) is 4.86. The van der Waals surface area contributed by atoms with E-state index >= 15 is 0 Å². The maximum atomic E-state index is 13.2. The molecular formula is C12H13FN2O. The molecule has 0 saturated heterocycles. The van der Waals surface area contributed by atoms with E-state index in [1.54, 1.807) is 26.8 Å². The van der Waals surface area contributed by atoms with Crippen LogP contribution in [0.3, 0.4) is 0 Å². The lowest BCUT2D eigenvalue weighted by Gasteiger charge is -2.18. The number of hydrogen-bond donors (Lipinski definition) is 1. The Kier molecular flexibility index (Phi) is 3.28. The molecule has 1 aromatic rings. The van der Waals surface area contributed by atoms with Crippen molar-refractivity contribution in [2.75, 3.05) is 5.32 Å². The van der Waals surface area contributed by atoms with Gasteiger partial charge in [0, 0.05) is 5.41 Å². The van der Waals surface area contributed by atoms with Gasteiger partial charge in [-0.05, 0) is 12.1 Å². The number of anilines is 1. The Morgan fingerprint density at radius 2 is 2.06 bits per heavy atom. The third-order valence-electron chi connectivity index (χ3n) is 2.05. The molecule has 0 saturated carbocycles. The van der Waals surface area contributed by atoms with E-state index in [9.17, 15) is 9.18 Å². The Morgan fingerprint density at radius 1 is 1.44 bits per heavy atom. The first-order valence-corrected chi connectivity index (χ1v) is 4.86. The fourth-order valence-electron chi connectivity index (χ4n) is 1.05. The first kappa shape index (κ1) is 12.2. The van der Waals surface area contributed by atoms with Crippen LogP contribution in [0.5, 0.6) is 0 Å². The molecule has 0 radical (unpaired) electrons. The van der Waals surface area contributed by atoms with Crippen LogP contribution in [0.25, 0.3) is 0 Å². The van der Waals surface area contributed by atoms with Gasteiger partial charge in [0.2, 0.25) is 5.91 Å². The predicted octanol–water partition coefficient (Wildman–Crippen LogP) is 2.68. The summed E-state index contributed by atoms with van der Waals surface area (Å²) in [6.45, 7) is 5.23. The van der Waals surface area contributed by atoms with Crippen molar-refractivity contribution in [3.8, 4) is 6.07 Å². The molecule has 1 amide bonds. The Hall–Kier alpha value is -1.89. The van der Waals surface area contributed by atoms with Gasteiger partial charge in [0.25, 0.3) is 0 Å². The van der Waals surface area contributed by atoms with Crippen molar-refractivity contribution in [2.45, 2.75) is 20.8 Å². The van der Waals surface area contributed by atoms with Crippen LogP contribution >= 0.6 is 0 Å². The SMILES string of the molecule is CC(C)(C)C(=O)Nc1cccc(F)c1C#N. The van der Waals surface area contributed by atoms with Crippen LogP contribution in [0.4, 0.5) is 10.1 Å². The van der Waals surface area contributed by atoms with Crippen LogP contribution < -0.4 is 5.32 Å². The molecule has 0 aliphatic heterocycles. The molecule has 0 aliphatic rings. The van der Waals surface area contributed by atoms with Gasteiger partial charge < -0.3 is 5.32 Å². The normalized spacial score (nSPS) is 10.7. The highest BCUT2D eigenvalue weighted by atomic mass is 19.1. The summed E-state index contributed by atoms with van der Waals surface area (Å²) >= 11 is 0. The minimum absolute atomic E-state index is 0.139. The molecule has 1 rings (SSSR count). The number of nitrogens with zero attached hydrogens (tertiary/aromatic N) is 1. The quantitative estimate of drug-likeness (QED) is 0.791. The number of nitrogens with one attached hydrogen (secondary N) is 1. The number of rotatable bonds is 1. The summed E-state index contributed by atoms with van der Waals surface area (Å²) in [6.07, 6.45) is 0. The van der Waals surface area contributed by atoms with Crippen LogP contribution in [0.15, 0.2) is 18.2 Å². The summed E-state index contributed by atoms with van der Waals surface area (Å²) in [6, 6.07) is 5.87. The fraction of sp³-hybridized carbons (Fsp3) is 0.333. The van der Waals surface area contributed by atoms with E-state index in [1.165, 1.54) is 18.2 Å². The average molecular weight is 220 g/mol. The molecular weight excluding hydrogens is 207 g/mol. The molecule has 16 heavy (non-hydrogen) atoms. The van der Waals surface area contributed by atoms with Crippen LogP contribution in [0, 0.1) is 22.6 Å². The molecule has 3 nitrogen and oxygen atoms in total. The molecule has 0 fully saturated rings. The first-order chi connectivity index (χ1) is 7.36. The van der Waals surface area contributed by atoms with Gasteiger partial charge in [-0.2, -0.15) is 5.26 Å². The highest BCUT2D eigenvalue weighted by Crippen LogP contribution is 2.21. The second-order valence-corrected chi connectivity index (χ2v) is 4.48. The minimum Gasteiger partial charge on any atom is -0.324 e. The van der Waals surface area contributed by atoms with Crippen molar-refractivity contribution in [2.24, 2.45) is 5.41 Å². The average Bonchev–Trinajstić information content (AvgIpc) is 2.16. The second-order valence-electron chi connectivity index (χ2n) is 4.48. The molecule has 0 bridgehead atoms. The lowest BCUT2D eigenvalue weighted by atomic mass is 9.95. The summed E-state index contributed by atoms with van der Waals surface area (Å²) in [5.41, 5.74) is -0.512. The standard InChI is InChI=1S/C12H13FN2O/c1-12(2,3)11(16)15-10-6-4-5-9(13)8(10)7-14/h4-6H,1-3H3,(H,15,16). The van der Waals surface area contributed by atoms with Gasteiger partial charge in [-0.3, -0.25) is 4.79 Å². The molecule has 1 N–H and O–H groups in total. The molecule has 0 atom stereocenters. The van der Waals surface area contributed by atoms with Gasteiger partial charge >= 0.3 is 0 Å². The van der Waals surface area contributed by atoms with Crippen molar-refractivity contribution < 1.29 is 9.18 Å². The van der Waals surface area contributed by atoms with E-state index in [4.69, 9.17) is 5.26 Å². The zero-order valence-electron chi connectivity index (χ0n) is 9.47. The third kappa shape index (κ3) is 2.57. The van der Waals surface area contributed by atoms with E-state index in [-0.39, 0.29) is 17.2 Å². The minimum atomic E-state index is -0.630. The fourth-order valence-corrected chi connectivity index (χ4v) is 1.05. The number of amides is 1. The Bertz CT molecular complexity index is 455. The Balaban J connectivity index is 3.04. The summed E-state index contributed by atoms with van der Waals surface area (Å²) in [5, 5.41) is 11.3. The summed E-state index contributed by atoms with van der Waals surface area (Å²) in [4.78, 5) is 11.7. The van der Waals surface area contributed by atoms with Crippen molar-refractivity contribution in [3.63, 3.8) is 0 Å². The zero-order chi connectivity index (χ0) is 12.3. The Labute approximate surface area is 93.9 Å². The van der Waals surface area contributed by atoms with Gasteiger partial charge in [0.1, 0.15) is 17.4 Å². The van der Waals surface area contributed by atoms with Gasteiger partial charge in [-0.15, -0.1) is 0 Å². The van der Waals surface area contributed by atoms with Crippen LogP contribution in [-0.4, -0.2) is 5.91 Å². The number of carbonyl (C=O) groups excluding carboxylic acids is 1. The van der Waals surface area contributed by atoms with Gasteiger partial charge in [0.05, 0.1) is 5.69 Å². The maximum absolute atomic E-state index is 13.2. The smallest absolute Gasteiger partial charge is 0.229 e. The van der Waals surface area contributed by atoms with E-state index in [1.807, 2.05) is 0 Å². The molecule has 0 aromatic heterocycles. The topological polar surface area (TPSA) is 52.9 Å². The van der Waals surface area contributed by atoms with E-state index < -0.39 is 11.2 Å². The largest absolute Gasteiger partial charge is 0.324 e. The lowest BCUT2D eigenvalue weighted by molar-refractivity contribution is -0.123. The third-order valence-corrected chi connectivity index (χ3v) is 2.05. The summed E-state index contributed by atoms with van der Waals surface area (Å²) < 4.78 is 13.2. The van der Waals surface area contributed by atoms with Crippen molar-refractivity contribution in [1.82, 2.24) is 0 Å². The van der Waals surface area contributed by atoms with Crippen molar-refractivity contribution in [3.05, 3.63) is 29.6 Å². The van der Waals surface area contributed by atoms with Crippen LogP contribution in [0.1, 0.15) is 26.3 Å². The molecule has 0 heterocycles. The Morgan fingerprint density at radius 3 is 2.56 bits per heavy atom. The molecule has 4 heteroatoms. The molecule has 0 aliphatic carbocycles. The monoisotopic (exact) mass is 220 g/mol. The van der Waals surface area contributed by atoms with E-state index in [0.717, 1.165) is 0 Å². The van der Waals surface area contributed by atoms with Gasteiger partial charge in [-0.1, -0.05) is 26.8 Å². The summed E-state index contributed by atoms with van der Waals surface area (Å²) in [7, 11) is 0. The molecule has 0 spiro atoms. The van der Waals surface area contributed by atoms with Crippen LogP contribution in [-0.2, 0) is 4.79 Å². The molecule has 0 unspecified atom stereocenters. The lowest BCUT2D eigenvalue weighted by Crippen LogP contribution is -2.28. The number of carbonyl (C=O) groups is 1. The predicted molar refractivity (Wildman–Crippen MR) is 59.2 cm³/mol. The van der Waals surface area contributed by atoms with Crippen molar-refractivity contribution >= 4 is 11.6 Å². The highest BCUT2D eigenvalue weighted by molar-refractivity contribution is 5.95. The number of benzene rings is 1. The second kappa shape index (κ2) is 4.31. The number of hydrogen-bond acceptors (Lipinski definition) is 2. The van der Waals surface area contributed by atoms with Gasteiger partial charge in [-0.25, -0.2) is 4.39 Å². The number of nitriles is 1.